The van der Waals surface area contributed by atoms with E-state index in [0.717, 1.165) is 50.2 Å². The summed E-state index contributed by atoms with van der Waals surface area (Å²) in [6, 6.07) is 9.97. The van der Waals surface area contributed by atoms with Crippen LogP contribution in [0.25, 0.3) is 5.69 Å². The number of unbranched alkanes of at least 4 members (excludes halogenated alkanes) is 1. The molecule has 1 aromatic heterocycles. The smallest absolute Gasteiger partial charge is 0.276 e. The highest BCUT2D eigenvalue weighted by Crippen LogP contribution is 2.24. The normalized spacial score (nSPS) is 20.3. The first-order chi connectivity index (χ1) is 17.5. The van der Waals surface area contributed by atoms with Gasteiger partial charge in [0.2, 0.25) is 5.91 Å². The number of ether oxygens (including phenoxy) is 1. The Kier molecular flexibility index (Phi) is 9.09. The van der Waals surface area contributed by atoms with Crippen molar-refractivity contribution in [3.63, 3.8) is 0 Å². The summed E-state index contributed by atoms with van der Waals surface area (Å²) >= 11 is 0. The molecular formula is C27H40N6O3. The van der Waals surface area contributed by atoms with Crippen molar-refractivity contribution in [1.29, 1.82) is 0 Å². The number of methoxy groups -OCH3 is 1. The van der Waals surface area contributed by atoms with Crippen LogP contribution >= 0.6 is 0 Å². The van der Waals surface area contributed by atoms with E-state index in [2.05, 4.69) is 29.5 Å². The van der Waals surface area contributed by atoms with Crippen LogP contribution in [0.2, 0.25) is 0 Å². The summed E-state index contributed by atoms with van der Waals surface area (Å²) in [7, 11) is 1.70. The van der Waals surface area contributed by atoms with Gasteiger partial charge in [0.25, 0.3) is 5.91 Å². The number of carbonyl (C=O) groups is 2. The van der Waals surface area contributed by atoms with Gasteiger partial charge < -0.3 is 19.9 Å². The quantitative estimate of drug-likeness (QED) is 0.481. The van der Waals surface area contributed by atoms with Crippen molar-refractivity contribution in [2.45, 2.75) is 64.5 Å². The first-order valence-electron chi connectivity index (χ1n) is 13.3. The Bertz CT molecular complexity index is 1010. The monoisotopic (exact) mass is 496 g/mol. The van der Waals surface area contributed by atoms with Gasteiger partial charge in [0.15, 0.2) is 5.69 Å². The van der Waals surface area contributed by atoms with Gasteiger partial charge in [-0.15, -0.1) is 5.10 Å². The van der Waals surface area contributed by atoms with Crippen molar-refractivity contribution in [2.75, 3.05) is 39.9 Å². The molecule has 2 aromatic rings. The highest BCUT2D eigenvalue weighted by Gasteiger charge is 2.37. The molecule has 9 heteroatoms. The van der Waals surface area contributed by atoms with Gasteiger partial charge in [-0.2, -0.15) is 0 Å². The van der Waals surface area contributed by atoms with Gasteiger partial charge in [-0.25, -0.2) is 4.68 Å². The molecule has 2 fully saturated rings. The molecule has 0 spiro atoms. The van der Waals surface area contributed by atoms with Crippen LogP contribution in [0.1, 0.15) is 62.1 Å². The number of piperidine rings is 1. The van der Waals surface area contributed by atoms with E-state index in [0.29, 0.717) is 44.1 Å². The van der Waals surface area contributed by atoms with E-state index in [-0.39, 0.29) is 23.9 Å². The molecule has 0 unspecified atom stereocenters. The van der Waals surface area contributed by atoms with Gasteiger partial charge in [0.1, 0.15) is 0 Å². The van der Waals surface area contributed by atoms with Crippen LogP contribution in [0.5, 0.6) is 0 Å². The third-order valence-corrected chi connectivity index (χ3v) is 7.10. The molecule has 3 heterocycles. The van der Waals surface area contributed by atoms with Crippen molar-refractivity contribution in [3.05, 3.63) is 41.7 Å². The van der Waals surface area contributed by atoms with Crippen LogP contribution in [0, 0.1) is 5.92 Å². The Labute approximate surface area is 214 Å². The molecule has 2 aliphatic heterocycles. The van der Waals surface area contributed by atoms with Crippen LogP contribution < -0.4 is 5.32 Å². The number of rotatable bonds is 11. The topological polar surface area (TPSA) is 92.6 Å². The highest BCUT2D eigenvalue weighted by atomic mass is 16.5. The first kappa shape index (κ1) is 26.3. The van der Waals surface area contributed by atoms with E-state index >= 15 is 0 Å². The summed E-state index contributed by atoms with van der Waals surface area (Å²) in [5.74, 6) is 0.457. The van der Waals surface area contributed by atoms with Gasteiger partial charge in [-0.3, -0.25) is 9.59 Å². The highest BCUT2D eigenvalue weighted by molar-refractivity contribution is 5.93. The number of likely N-dealkylation sites (tertiary alicyclic amines) is 1. The lowest BCUT2D eigenvalue weighted by Crippen LogP contribution is -2.57. The van der Waals surface area contributed by atoms with Gasteiger partial charge in [0.05, 0.1) is 11.4 Å². The second kappa shape index (κ2) is 12.5. The molecular weight excluding hydrogens is 456 g/mol. The molecule has 196 valence electrons. The maximum absolute atomic E-state index is 14.1. The fourth-order valence-corrected chi connectivity index (χ4v) is 5.36. The number of nitrogens with one attached hydrogen (secondary N) is 1. The fourth-order valence-electron chi connectivity index (χ4n) is 5.36. The summed E-state index contributed by atoms with van der Waals surface area (Å²) in [6.45, 7) is 7.88. The molecule has 2 saturated heterocycles. The third kappa shape index (κ3) is 6.13. The largest absolute Gasteiger partial charge is 0.385 e. The van der Waals surface area contributed by atoms with E-state index in [1.165, 1.54) is 0 Å². The number of hydrogen-bond acceptors (Lipinski definition) is 6. The Hall–Kier alpha value is -2.78. The second-order valence-electron chi connectivity index (χ2n) is 10.3. The zero-order valence-corrected chi connectivity index (χ0v) is 21.9. The standard InChI is InChI=1S/C27H40N6O3/c1-20(2)19-32(23-16-22(17-28-18-23)31-14-9-13-25(31)34)27(35)26-24(12-7-8-15-36-3)33(30-29-26)21-10-5-4-6-11-21/h4-6,10-11,20,22-23,28H,7-9,12-19H2,1-3H3/t22-,23+/m1/s1. The van der Waals surface area contributed by atoms with Gasteiger partial charge >= 0.3 is 0 Å². The molecule has 2 amide bonds. The lowest BCUT2D eigenvalue weighted by molar-refractivity contribution is -0.130. The van der Waals surface area contributed by atoms with Gasteiger partial charge in [-0.05, 0) is 50.2 Å². The average molecular weight is 497 g/mol. The Balaban J connectivity index is 1.60. The molecule has 2 aliphatic rings. The molecule has 0 bridgehead atoms. The number of aromatic nitrogens is 3. The van der Waals surface area contributed by atoms with Gasteiger partial charge in [-0.1, -0.05) is 37.3 Å². The van der Waals surface area contributed by atoms with E-state index < -0.39 is 0 Å². The minimum Gasteiger partial charge on any atom is -0.385 e. The zero-order chi connectivity index (χ0) is 25.5. The number of amides is 2. The van der Waals surface area contributed by atoms with E-state index in [1.807, 2.05) is 40.1 Å². The molecule has 2 atom stereocenters. The lowest BCUT2D eigenvalue weighted by Gasteiger charge is -2.41. The Morgan fingerprint density at radius 1 is 1.22 bits per heavy atom. The van der Waals surface area contributed by atoms with Crippen molar-refractivity contribution < 1.29 is 14.3 Å². The number of nitrogens with zero attached hydrogens (tertiary/aromatic N) is 5. The molecule has 0 radical (unpaired) electrons. The van der Waals surface area contributed by atoms with Crippen LogP contribution in [0.15, 0.2) is 30.3 Å². The molecule has 36 heavy (non-hydrogen) atoms. The Morgan fingerprint density at radius 2 is 2.03 bits per heavy atom. The fraction of sp³-hybridized carbons (Fsp3) is 0.630. The SMILES string of the molecule is COCCCCc1c(C(=O)N(CC(C)C)[C@@H]2CNC[C@H](N3CCCC3=O)C2)nnn1-c1ccccc1. The number of benzene rings is 1. The predicted molar refractivity (Wildman–Crippen MR) is 138 cm³/mol. The summed E-state index contributed by atoms with van der Waals surface area (Å²) in [6.07, 6.45) is 4.80. The Morgan fingerprint density at radius 3 is 2.72 bits per heavy atom. The van der Waals surface area contributed by atoms with Crippen LogP contribution in [-0.2, 0) is 16.0 Å². The summed E-state index contributed by atoms with van der Waals surface area (Å²) < 4.78 is 7.03. The second-order valence-corrected chi connectivity index (χ2v) is 10.3. The van der Waals surface area contributed by atoms with E-state index in [4.69, 9.17) is 4.74 Å². The molecule has 9 nitrogen and oxygen atoms in total. The molecule has 0 aliphatic carbocycles. The first-order valence-corrected chi connectivity index (χ1v) is 13.3. The summed E-state index contributed by atoms with van der Waals surface area (Å²) in [5.41, 5.74) is 2.16. The van der Waals surface area contributed by atoms with Crippen LogP contribution in [0.3, 0.4) is 0 Å². The minimum atomic E-state index is -0.0761. The van der Waals surface area contributed by atoms with Gasteiger partial charge in [0, 0.05) is 58.4 Å². The zero-order valence-electron chi connectivity index (χ0n) is 21.9. The van der Waals surface area contributed by atoms with E-state index in [1.54, 1.807) is 11.8 Å². The minimum absolute atomic E-state index is 0.00438. The maximum atomic E-state index is 14.1. The number of carbonyl (C=O) groups excluding carboxylic acids is 2. The summed E-state index contributed by atoms with van der Waals surface area (Å²) in [4.78, 5) is 30.5. The third-order valence-electron chi connectivity index (χ3n) is 7.10. The number of para-hydroxylation sites is 1. The molecule has 0 saturated carbocycles. The van der Waals surface area contributed by atoms with Crippen LogP contribution in [-0.4, -0.2) is 88.6 Å². The predicted octanol–water partition coefficient (Wildman–Crippen LogP) is 2.69. The number of hydrogen-bond donors (Lipinski definition) is 1. The molecule has 1 aromatic carbocycles. The molecule has 4 rings (SSSR count). The molecule has 1 N–H and O–H groups in total. The maximum Gasteiger partial charge on any atom is 0.276 e. The summed E-state index contributed by atoms with van der Waals surface area (Å²) in [5, 5.41) is 12.3. The lowest BCUT2D eigenvalue weighted by atomic mass is 9.98. The van der Waals surface area contributed by atoms with Crippen molar-refractivity contribution in [2.24, 2.45) is 5.92 Å². The van der Waals surface area contributed by atoms with E-state index in [9.17, 15) is 9.59 Å². The van der Waals surface area contributed by atoms with Crippen molar-refractivity contribution in [3.8, 4) is 5.69 Å². The van der Waals surface area contributed by atoms with Crippen molar-refractivity contribution >= 4 is 11.8 Å². The average Bonchev–Trinajstić information content (AvgIpc) is 3.51. The van der Waals surface area contributed by atoms with Crippen molar-refractivity contribution in [1.82, 2.24) is 30.1 Å². The van der Waals surface area contributed by atoms with Crippen LogP contribution in [0.4, 0.5) is 0 Å².